The number of carbonyl (C=O) groups excluding carboxylic acids is 1. The van der Waals surface area contributed by atoms with Crippen molar-refractivity contribution in [3.05, 3.63) is 58.1 Å². The van der Waals surface area contributed by atoms with Gasteiger partial charge in [0.2, 0.25) is 5.91 Å². The van der Waals surface area contributed by atoms with Gasteiger partial charge in [-0.3, -0.25) is 10.1 Å². The van der Waals surface area contributed by atoms with Gasteiger partial charge in [-0.05, 0) is 18.6 Å². The summed E-state index contributed by atoms with van der Waals surface area (Å²) in [5.74, 6) is -0.778. The van der Waals surface area contributed by atoms with Crippen LogP contribution in [0.5, 0.6) is 0 Å². The van der Waals surface area contributed by atoms with Gasteiger partial charge in [-0.1, -0.05) is 46.8 Å². The number of piperidine rings is 1. The van der Waals surface area contributed by atoms with Crippen LogP contribution in [0.2, 0.25) is 5.02 Å². The number of halogens is 2. The molecule has 0 spiro atoms. The maximum atomic E-state index is 14.9. The molecule has 3 rings (SSSR count). The largest absolute Gasteiger partial charge is 0.322 e. The molecule has 1 saturated heterocycles. The number of amides is 1. The van der Waals surface area contributed by atoms with Crippen molar-refractivity contribution in [1.29, 1.82) is 0 Å². The Balaban J connectivity index is 1.78. The molecule has 2 atom stereocenters. The summed E-state index contributed by atoms with van der Waals surface area (Å²) in [6.45, 7) is 5.81. The first-order valence-electron chi connectivity index (χ1n) is 8.08. The zero-order valence-corrected chi connectivity index (χ0v) is 14.3. The molecule has 0 radical (unpaired) electrons. The number of rotatable bonds is 3. The average molecular weight is 359 g/mol. The van der Waals surface area contributed by atoms with Crippen molar-refractivity contribution in [1.82, 2.24) is 5.32 Å². The molecule has 6 heteroatoms. The summed E-state index contributed by atoms with van der Waals surface area (Å²) < 4.78 is 14.9. The summed E-state index contributed by atoms with van der Waals surface area (Å²) in [6.07, 6.45) is 1.33. The molecule has 4 nitrogen and oxygen atoms in total. The van der Waals surface area contributed by atoms with E-state index in [1.807, 2.05) is 0 Å². The first-order chi connectivity index (χ1) is 12.1. The standard InChI is InChI=1S/C19H17ClFN3O/c1-22-12-9-10-17(23-11-12)19(25)24-16-8-4-6-14(18(16)21)13-5-2-3-7-15(13)20/h1-8,12,17,23H,9-11H2/p+1/t12-,17+/m1/s1. The van der Waals surface area contributed by atoms with E-state index in [9.17, 15) is 9.18 Å². The molecule has 2 aromatic carbocycles. The molecule has 0 unspecified atom stereocenters. The van der Waals surface area contributed by atoms with Gasteiger partial charge in [0.1, 0.15) is 0 Å². The molecular formula is C19H18ClFN3O+. The van der Waals surface area contributed by atoms with Gasteiger partial charge in [0, 0.05) is 22.6 Å². The van der Waals surface area contributed by atoms with E-state index in [1.54, 1.807) is 36.4 Å². The minimum atomic E-state index is -0.505. The Morgan fingerprint density at radius 1 is 1.20 bits per heavy atom. The van der Waals surface area contributed by atoms with Crippen LogP contribution in [0.3, 0.4) is 0 Å². The van der Waals surface area contributed by atoms with E-state index in [0.29, 0.717) is 29.1 Å². The Hall–Kier alpha value is -2.42. The van der Waals surface area contributed by atoms with E-state index in [1.165, 1.54) is 6.07 Å². The molecule has 128 valence electrons. The van der Waals surface area contributed by atoms with E-state index in [-0.39, 0.29) is 23.7 Å². The minimum absolute atomic E-state index is 0.0179. The lowest BCUT2D eigenvalue weighted by Crippen LogP contribution is -2.47. The lowest BCUT2D eigenvalue weighted by molar-refractivity contribution is -0.118. The van der Waals surface area contributed by atoms with Crippen LogP contribution in [0, 0.1) is 12.4 Å². The number of benzene rings is 2. The van der Waals surface area contributed by atoms with Gasteiger partial charge >= 0.3 is 0 Å². The molecule has 0 aliphatic carbocycles. The quantitative estimate of drug-likeness (QED) is 0.865. The van der Waals surface area contributed by atoms with E-state index < -0.39 is 5.82 Å². The van der Waals surface area contributed by atoms with Crippen molar-refractivity contribution in [2.24, 2.45) is 0 Å². The lowest BCUT2D eigenvalue weighted by Gasteiger charge is -2.22. The van der Waals surface area contributed by atoms with E-state index in [2.05, 4.69) is 15.5 Å². The highest BCUT2D eigenvalue weighted by molar-refractivity contribution is 6.33. The third kappa shape index (κ3) is 3.81. The topological polar surface area (TPSA) is 45.5 Å². The van der Waals surface area contributed by atoms with Gasteiger partial charge in [0.05, 0.1) is 18.3 Å². The van der Waals surface area contributed by atoms with Crippen LogP contribution < -0.4 is 10.6 Å². The fraction of sp³-hybridized carbons (Fsp3) is 0.263. The fourth-order valence-corrected chi connectivity index (χ4v) is 3.17. The molecule has 25 heavy (non-hydrogen) atoms. The Morgan fingerprint density at radius 3 is 2.64 bits per heavy atom. The Bertz CT molecular complexity index is 826. The molecule has 2 aromatic rings. The molecule has 1 heterocycles. The van der Waals surface area contributed by atoms with Gasteiger partial charge in [-0.15, -0.1) is 0 Å². The molecule has 1 fully saturated rings. The van der Waals surface area contributed by atoms with Crippen molar-refractivity contribution in [3.8, 4) is 17.7 Å². The highest BCUT2D eigenvalue weighted by atomic mass is 35.5. The van der Waals surface area contributed by atoms with E-state index in [0.717, 1.165) is 6.42 Å². The fourth-order valence-electron chi connectivity index (χ4n) is 2.93. The van der Waals surface area contributed by atoms with Crippen molar-refractivity contribution >= 4 is 23.2 Å². The first-order valence-corrected chi connectivity index (χ1v) is 8.45. The smallest absolute Gasteiger partial charge is 0.284 e. The molecule has 0 aromatic heterocycles. The summed E-state index contributed by atoms with van der Waals surface area (Å²) in [5.41, 5.74) is 1.07. The summed E-state index contributed by atoms with van der Waals surface area (Å²) in [7, 11) is 0. The van der Waals surface area contributed by atoms with Crippen LogP contribution >= 0.6 is 11.6 Å². The van der Waals surface area contributed by atoms with Gasteiger partial charge in [-0.2, -0.15) is 0 Å². The summed E-state index contributed by atoms with van der Waals surface area (Å²) in [5, 5.41) is 6.20. The molecule has 0 saturated carbocycles. The number of nitrogens with zero attached hydrogens (tertiary/aromatic N) is 1. The molecule has 1 amide bonds. The van der Waals surface area contributed by atoms with Gasteiger partial charge in [0.15, 0.2) is 5.82 Å². The van der Waals surface area contributed by atoms with E-state index >= 15 is 0 Å². The first kappa shape index (κ1) is 17.4. The lowest BCUT2D eigenvalue weighted by atomic mass is 10.0. The monoisotopic (exact) mass is 358 g/mol. The second kappa shape index (κ2) is 7.64. The van der Waals surface area contributed by atoms with Crippen LogP contribution in [-0.2, 0) is 4.79 Å². The molecule has 0 bridgehead atoms. The molecule has 2 N–H and O–H groups in total. The van der Waals surface area contributed by atoms with Crippen LogP contribution in [0.25, 0.3) is 16.0 Å². The predicted octanol–water partition coefficient (Wildman–Crippen LogP) is 4.17. The number of hydrogen-bond donors (Lipinski definition) is 2. The number of carbonyl (C=O) groups is 1. The second-order valence-corrected chi connectivity index (χ2v) is 6.38. The zero-order chi connectivity index (χ0) is 17.8. The van der Waals surface area contributed by atoms with Gasteiger partial charge in [0.25, 0.3) is 12.6 Å². The van der Waals surface area contributed by atoms with Crippen LogP contribution in [0.15, 0.2) is 42.5 Å². The summed E-state index contributed by atoms with van der Waals surface area (Å²) in [6, 6.07) is 11.5. The van der Waals surface area contributed by atoms with E-state index in [4.69, 9.17) is 18.2 Å². The minimum Gasteiger partial charge on any atom is -0.322 e. The van der Waals surface area contributed by atoms with Crippen molar-refractivity contribution in [2.75, 3.05) is 11.9 Å². The highest BCUT2D eigenvalue weighted by Crippen LogP contribution is 2.32. The molecule has 1 aliphatic rings. The second-order valence-electron chi connectivity index (χ2n) is 5.98. The molecule has 1 aliphatic heterocycles. The van der Waals surface area contributed by atoms with Crippen LogP contribution in [0.1, 0.15) is 12.8 Å². The number of hydrogen-bond acceptors (Lipinski definition) is 2. The SMILES string of the molecule is C#[N+][C@@H]1CC[C@@H](C(=O)Nc2cccc(-c3ccccc3Cl)c2F)NC1. The van der Waals surface area contributed by atoms with Crippen molar-refractivity contribution in [3.63, 3.8) is 0 Å². The van der Waals surface area contributed by atoms with Gasteiger partial charge < -0.3 is 5.32 Å². The third-order valence-corrected chi connectivity index (χ3v) is 4.67. The highest BCUT2D eigenvalue weighted by Gasteiger charge is 2.30. The number of anilines is 1. The normalized spacial score (nSPS) is 19.9. The van der Waals surface area contributed by atoms with Crippen molar-refractivity contribution < 1.29 is 9.18 Å². The van der Waals surface area contributed by atoms with Crippen LogP contribution in [-0.4, -0.2) is 24.5 Å². The Labute approximate surface area is 150 Å². The third-order valence-electron chi connectivity index (χ3n) is 4.34. The average Bonchev–Trinajstić information content (AvgIpc) is 2.64. The predicted molar refractivity (Wildman–Crippen MR) is 98.6 cm³/mol. The maximum Gasteiger partial charge on any atom is 0.284 e. The summed E-state index contributed by atoms with van der Waals surface area (Å²) in [4.78, 5) is 16.1. The zero-order valence-electron chi connectivity index (χ0n) is 13.5. The van der Waals surface area contributed by atoms with Crippen LogP contribution in [0.4, 0.5) is 10.1 Å². The summed E-state index contributed by atoms with van der Waals surface area (Å²) >= 11 is 6.15. The molecular weight excluding hydrogens is 341 g/mol. The Kier molecular flexibility index (Phi) is 5.32. The van der Waals surface area contributed by atoms with Crippen molar-refractivity contribution in [2.45, 2.75) is 24.9 Å². The Morgan fingerprint density at radius 2 is 1.96 bits per heavy atom. The maximum absolute atomic E-state index is 14.9. The van der Waals surface area contributed by atoms with Gasteiger partial charge in [-0.25, -0.2) is 4.39 Å². The number of nitrogens with one attached hydrogen (secondary N) is 2.